The highest BCUT2D eigenvalue weighted by molar-refractivity contribution is 5.95. The highest BCUT2D eigenvalue weighted by Crippen LogP contribution is 2.18. The summed E-state index contributed by atoms with van der Waals surface area (Å²) in [6, 6.07) is 0. The van der Waals surface area contributed by atoms with Gasteiger partial charge in [-0.25, -0.2) is 0 Å². The monoisotopic (exact) mass is 164 g/mol. The highest BCUT2D eigenvalue weighted by atomic mass is 16.1. The predicted molar refractivity (Wildman–Crippen MR) is 51.0 cm³/mol. The summed E-state index contributed by atoms with van der Waals surface area (Å²) in [6.45, 7) is 2.01. The van der Waals surface area contributed by atoms with E-state index in [2.05, 4.69) is 12.2 Å². The maximum Gasteiger partial charge on any atom is 0.158 e. The first kappa shape index (κ1) is 9.24. The van der Waals surface area contributed by atoms with E-state index < -0.39 is 0 Å². The van der Waals surface area contributed by atoms with Crippen molar-refractivity contribution in [2.24, 2.45) is 0 Å². The van der Waals surface area contributed by atoms with Crippen LogP contribution in [0.2, 0.25) is 0 Å². The van der Waals surface area contributed by atoms with Gasteiger partial charge >= 0.3 is 0 Å². The zero-order chi connectivity index (χ0) is 8.81. The summed E-state index contributed by atoms with van der Waals surface area (Å²) in [5, 5.41) is 0. The SMILES string of the molecule is C/C=C/CCC1=CCCCC1=O. The molecule has 0 radical (unpaired) electrons. The number of carbonyl (C=O) groups is 1. The Morgan fingerprint density at radius 2 is 2.42 bits per heavy atom. The molecule has 0 N–H and O–H groups in total. The Morgan fingerprint density at radius 1 is 1.58 bits per heavy atom. The van der Waals surface area contributed by atoms with Gasteiger partial charge in [0, 0.05) is 6.42 Å². The molecule has 0 heterocycles. The summed E-state index contributed by atoms with van der Waals surface area (Å²) in [4.78, 5) is 11.3. The zero-order valence-electron chi connectivity index (χ0n) is 7.68. The van der Waals surface area contributed by atoms with Crippen molar-refractivity contribution in [3.05, 3.63) is 23.8 Å². The number of carbonyl (C=O) groups excluding carboxylic acids is 1. The number of ketones is 1. The van der Waals surface area contributed by atoms with Crippen LogP contribution < -0.4 is 0 Å². The molecule has 0 aromatic heterocycles. The quantitative estimate of drug-likeness (QED) is 0.586. The first-order valence-corrected chi connectivity index (χ1v) is 4.68. The second kappa shape index (κ2) is 4.91. The van der Waals surface area contributed by atoms with E-state index in [-0.39, 0.29) is 0 Å². The molecule has 0 fully saturated rings. The van der Waals surface area contributed by atoms with Gasteiger partial charge in [-0.05, 0) is 38.2 Å². The van der Waals surface area contributed by atoms with Gasteiger partial charge in [-0.3, -0.25) is 4.79 Å². The molecule has 0 atom stereocenters. The highest BCUT2D eigenvalue weighted by Gasteiger charge is 2.11. The molecular formula is C11H16O. The van der Waals surface area contributed by atoms with Crippen LogP contribution in [0.1, 0.15) is 39.0 Å². The summed E-state index contributed by atoms with van der Waals surface area (Å²) in [5.74, 6) is 0.366. The fourth-order valence-corrected chi connectivity index (χ4v) is 1.46. The Morgan fingerprint density at radius 3 is 3.08 bits per heavy atom. The molecule has 1 rings (SSSR count). The van der Waals surface area contributed by atoms with Crippen LogP contribution in [-0.4, -0.2) is 5.78 Å². The Balaban J connectivity index is 2.39. The molecule has 0 spiro atoms. The molecule has 0 amide bonds. The minimum Gasteiger partial charge on any atom is -0.295 e. The fourth-order valence-electron chi connectivity index (χ4n) is 1.46. The topological polar surface area (TPSA) is 17.1 Å². The second-order valence-electron chi connectivity index (χ2n) is 3.15. The number of Topliss-reactive ketones (excluding diaryl/α,β-unsaturated/α-hetero) is 1. The third-order valence-corrected chi connectivity index (χ3v) is 2.17. The third-order valence-electron chi connectivity index (χ3n) is 2.17. The van der Waals surface area contributed by atoms with E-state index in [9.17, 15) is 4.79 Å². The molecule has 12 heavy (non-hydrogen) atoms. The smallest absolute Gasteiger partial charge is 0.158 e. The minimum absolute atomic E-state index is 0.366. The van der Waals surface area contributed by atoms with Gasteiger partial charge in [0.15, 0.2) is 5.78 Å². The van der Waals surface area contributed by atoms with Crippen LogP contribution in [0.25, 0.3) is 0 Å². The van der Waals surface area contributed by atoms with Crippen molar-refractivity contribution in [2.75, 3.05) is 0 Å². The van der Waals surface area contributed by atoms with Gasteiger partial charge in [-0.1, -0.05) is 18.2 Å². The summed E-state index contributed by atoms with van der Waals surface area (Å²) in [6.07, 6.45) is 11.1. The Bertz CT molecular complexity index is 211. The summed E-state index contributed by atoms with van der Waals surface area (Å²) in [7, 11) is 0. The van der Waals surface area contributed by atoms with Gasteiger partial charge in [-0.15, -0.1) is 0 Å². The molecule has 0 bridgehead atoms. The molecule has 1 aliphatic carbocycles. The minimum atomic E-state index is 0.366. The molecule has 1 nitrogen and oxygen atoms in total. The van der Waals surface area contributed by atoms with Crippen LogP contribution in [0.5, 0.6) is 0 Å². The number of allylic oxidation sites excluding steroid dienone is 4. The number of rotatable bonds is 3. The van der Waals surface area contributed by atoms with Gasteiger partial charge in [-0.2, -0.15) is 0 Å². The van der Waals surface area contributed by atoms with Crippen molar-refractivity contribution in [2.45, 2.75) is 39.0 Å². The van der Waals surface area contributed by atoms with E-state index >= 15 is 0 Å². The second-order valence-corrected chi connectivity index (χ2v) is 3.15. The molecule has 1 heteroatoms. The Labute approximate surface area is 74.2 Å². The normalized spacial score (nSPS) is 18.4. The van der Waals surface area contributed by atoms with E-state index in [1.165, 1.54) is 0 Å². The van der Waals surface area contributed by atoms with Crippen LogP contribution in [-0.2, 0) is 4.79 Å². The molecule has 1 aliphatic rings. The molecule has 0 aromatic rings. The third kappa shape index (κ3) is 2.65. The van der Waals surface area contributed by atoms with E-state index in [4.69, 9.17) is 0 Å². The van der Waals surface area contributed by atoms with Gasteiger partial charge < -0.3 is 0 Å². The maximum atomic E-state index is 11.3. The van der Waals surface area contributed by atoms with Crippen LogP contribution in [0.4, 0.5) is 0 Å². The Hall–Kier alpha value is -0.850. The molecular weight excluding hydrogens is 148 g/mol. The van der Waals surface area contributed by atoms with Crippen molar-refractivity contribution in [1.82, 2.24) is 0 Å². The van der Waals surface area contributed by atoms with Gasteiger partial charge in [0.05, 0.1) is 0 Å². The van der Waals surface area contributed by atoms with Crippen LogP contribution in [0, 0.1) is 0 Å². The lowest BCUT2D eigenvalue weighted by Crippen LogP contribution is -2.06. The lowest BCUT2D eigenvalue weighted by molar-refractivity contribution is -0.116. The van der Waals surface area contributed by atoms with Crippen LogP contribution in [0.15, 0.2) is 23.8 Å². The molecule has 0 unspecified atom stereocenters. The van der Waals surface area contributed by atoms with Crippen molar-refractivity contribution in [1.29, 1.82) is 0 Å². The van der Waals surface area contributed by atoms with E-state index in [1.54, 1.807) is 0 Å². The standard InChI is InChI=1S/C11H16O/c1-2-3-4-7-10-8-5-6-9-11(10)12/h2-3,8H,4-7,9H2,1H3/b3-2+. The molecule has 0 aliphatic heterocycles. The van der Waals surface area contributed by atoms with E-state index in [1.807, 2.05) is 13.0 Å². The average Bonchev–Trinajstić information content (AvgIpc) is 2.09. The predicted octanol–water partition coefficient (Wildman–Crippen LogP) is 3.02. The molecule has 0 saturated carbocycles. The number of hydrogen-bond acceptors (Lipinski definition) is 1. The lowest BCUT2D eigenvalue weighted by atomic mass is 9.95. The van der Waals surface area contributed by atoms with Crippen molar-refractivity contribution in [3.63, 3.8) is 0 Å². The maximum absolute atomic E-state index is 11.3. The molecule has 0 aromatic carbocycles. The average molecular weight is 164 g/mol. The van der Waals surface area contributed by atoms with Crippen molar-refractivity contribution in [3.8, 4) is 0 Å². The van der Waals surface area contributed by atoms with Gasteiger partial charge in [0.2, 0.25) is 0 Å². The van der Waals surface area contributed by atoms with E-state index in [0.29, 0.717) is 5.78 Å². The largest absolute Gasteiger partial charge is 0.295 e. The van der Waals surface area contributed by atoms with E-state index in [0.717, 1.165) is 37.7 Å². The Kier molecular flexibility index (Phi) is 3.78. The lowest BCUT2D eigenvalue weighted by Gasteiger charge is -2.09. The van der Waals surface area contributed by atoms with Gasteiger partial charge in [0.25, 0.3) is 0 Å². The van der Waals surface area contributed by atoms with Crippen molar-refractivity contribution < 1.29 is 4.79 Å². The summed E-state index contributed by atoms with van der Waals surface area (Å²) >= 11 is 0. The first-order chi connectivity index (χ1) is 5.84. The van der Waals surface area contributed by atoms with Crippen molar-refractivity contribution >= 4 is 5.78 Å². The number of hydrogen-bond donors (Lipinski definition) is 0. The fraction of sp³-hybridized carbons (Fsp3) is 0.545. The van der Waals surface area contributed by atoms with Crippen LogP contribution >= 0.6 is 0 Å². The van der Waals surface area contributed by atoms with Gasteiger partial charge in [0.1, 0.15) is 0 Å². The van der Waals surface area contributed by atoms with Crippen LogP contribution in [0.3, 0.4) is 0 Å². The first-order valence-electron chi connectivity index (χ1n) is 4.68. The zero-order valence-corrected chi connectivity index (χ0v) is 7.68. The molecule has 66 valence electrons. The molecule has 0 saturated heterocycles. The summed E-state index contributed by atoms with van der Waals surface area (Å²) < 4.78 is 0. The summed E-state index contributed by atoms with van der Waals surface area (Å²) in [5.41, 5.74) is 1.05.